The summed E-state index contributed by atoms with van der Waals surface area (Å²) in [6.45, 7) is 7.26. The van der Waals surface area contributed by atoms with Gasteiger partial charge in [-0.15, -0.1) is 0 Å². The van der Waals surface area contributed by atoms with Gasteiger partial charge in [0.25, 0.3) is 0 Å². The normalized spacial score (nSPS) is 16.7. The van der Waals surface area contributed by atoms with Crippen LogP contribution in [0.4, 0.5) is 0 Å². The fourth-order valence-electron chi connectivity index (χ4n) is 4.16. The summed E-state index contributed by atoms with van der Waals surface area (Å²) in [5.41, 5.74) is 3.38. The first kappa shape index (κ1) is 19.5. The Hall–Kier alpha value is -2.82. The smallest absolute Gasteiger partial charge is 0.223 e. The van der Waals surface area contributed by atoms with Crippen molar-refractivity contribution in [3.8, 4) is 5.75 Å². The molecule has 4 rings (SSSR count). The molecule has 1 amide bonds. The average molecular weight is 392 g/mol. The maximum Gasteiger partial charge on any atom is 0.223 e. The molecule has 5 heteroatoms. The van der Waals surface area contributed by atoms with E-state index >= 15 is 0 Å². The van der Waals surface area contributed by atoms with Crippen LogP contribution in [0.2, 0.25) is 0 Å². The third-order valence-electron chi connectivity index (χ3n) is 5.68. The summed E-state index contributed by atoms with van der Waals surface area (Å²) < 4.78 is 8.21. The second-order valence-electron chi connectivity index (χ2n) is 7.82. The minimum atomic E-state index is 0.179. The summed E-state index contributed by atoms with van der Waals surface area (Å²) in [5.74, 6) is 2.40. The van der Waals surface area contributed by atoms with E-state index in [2.05, 4.69) is 41.8 Å². The van der Waals surface area contributed by atoms with Crippen LogP contribution in [-0.2, 0) is 11.3 Å². The van der Waals surface area contributed by atoms with Gasteiger partial charge in [-0.2, -0.15) is 0 Å². The summed E-state index contributed by atoms with van der Waals surface area (Å²) >= 11 is 0. The van der Waals surface area contributed by atoms with E-state index in [0.717, 1.165) is 55.1 Å². The number of amides is 1. The van der Waals surface area contributed by atoms with Crippen molar-refractivity contribution in [2.75, 3.05) is 19.7 Å². The highest BCUT2D eigenvalue weighted by Crippen LogP contribution is 2.30. The number of carbonyl (C=O) groups excluding carboxylic acids is 1. The summed E-state index contributed by atoms with van der Waals surface area (Å²) in [6, 6.07) is 16.4. The van der Waals surface area contributed by atoms with Crippen LogP contribution in [0.1, 0.15) is 43.5 Å². The number of fused-ring (bicyclic) bond motifs is 1. The lowest BCUT2D eigenvalue weighted by molar-refractivity contribution is -0.127. The number of imidazole rings is 1. The van der Waals surface area contributed by atoms with Crippen LogP contribution in [0.15, 0.2) is 48.5 Å². The number of hydrogen-bond acceptors (Lipinski definition) is 3. The molecule has 0 N–H and O–H groups in total. The van der Waals surface area contributed by atoms with Gasteiger partial charge in [-0.3, -0.25) is 4.79 Å². The molecule has 2 heterocycles. The molecule has 152 valence electrons. The van der Waals surface area contributed by atoms with Crippen molar-refractivity contribution < 1.29 is 9.53 Å². The number of aryl methyl sites for hydroxylation is 2. The van der Waals surface area contributed by atoms with Gasteiger partial charge in [0.15, 0.2) is 0 Å². The Morgan fingerprint density at radius 1 is 1.14 bits per heavy atom. The number of ether oxygens (including phenoxy) is 1. The first-order chi connectivity index (χ1) is 14.2. The van der Waals surface area contributed by atoms with Crippen molar-refractivity contribution in [2.45, 2.75) is 45.6 Å². The van der Waals surface area contributed by atoms with Crippen LogP contribution in [0.5, 0.6) is 5.75 Å². The van der Waals surface area contributed by atoms with Gasteiger partial charge in [-0.25, -0.2) is 4.98 Å². The molecule has 0 saturated carbocycles. The largest absolute Gasteiger partial charge is 0.494 e. The molecule has 1 unspecified atom stereocenters. The van der Waals surface area contributed by atoms with Gasteiger partial charge in [0.05, 0.1) is 17.6 Å². The molecular formula is C24H29N3O2. The maximum absolute atomic E-state index is 12.2. The highest BCUT2D eigenvalue weighted by atomic mass is 16.5. The van der Waals surface area contributed by atoms with Crippen molar-refractivity contribution in [1.29, 1.82) is 0 Å². The predicted molar refractivity (Wildman–Crippen MR) is 115 cm³/mol. The number of benzene rings is 2. The number of aromatic nitrogens is 2. The monoisotopic (exact) mass is 391 g/mol. The number of carbonyl (C=O) groups is 1. The highest BCUT2D eigenvalue weighted by Gasteiger charge is 2.32. The average Bonchev–Trinajstić information content (AvgIpc) is 3.28. The summed E-state index contributed by atoms with van der Waals surface area (Å²) in [5, 5.41) is 0. The Kier molecular flexibility index (Phi) is 5.84. The Balaban J connectivity index is 1.43. The van der Waals surface area contributed by atoms with Crippen molar-refractivity contribution >= 4 is 16.9 Å². The third kappa shape index (κ3) is 4.29. The van der Waals surface area contributed by atoms with E-state index in [0.29, 0.717) is 13.0 Å². The summed E-state index contributed by atoms with van der Waals surface area (Å²) in [7, 11) is 0. The fraction of sp³-hybridized carbons (Fsp3) is 0.417. The van der Waals surface area contributed by atoms with Gasteiger partial charge in [-0.1, -0.05) is 24.3 Å². The molecule has 0 aliphatic carbocycles. The highest BCUT2D eigenvalue weighted by molar-refractivity contribution is 5.80. The van der Waals surface area contributed by atoms with Crippen molar-refractivity contribution in [2.24, 2.45) is 0 Å². The summed E-state index contributed by atoms with van der Waals surface area (Å²) in [4.78, 5) is 19.1. The quantitative estimate of drug-likeness (QED) is 0.530. The third-order valence-corrected chi connectivity index (χ3v) is 5.68. The number of unbranched alkanes of at least 4 members (excludes halogenated alkanes) is 1. The van der Waals surface area contributed by atoms with Crippen LogP contribution in [-0.4, -0.2) is 40.1 Å². The molecule has 29 heavy (non-hydrogen) atoms. The van der Waals surface area contributed by atoms with Gasteiger partial charge in [0.1, 0.15) is 11.6 Å². The van der Waals surface area contributed by atoms with E-state index in [4.69, 9.17) is 9.72 Å². The van der Waals surface area contributed by atoms with Gasteiger partial charge in [0.2, 0.25) is 5.91 Å². The summed E-state index contributed by atoms with van der Waals surface area (Å²) in [6.07, 6.45) is 2.55. The second kappa shape index (κ2) is 8.68. The number of hydrogen-bond donors (Lipinski definition) is 0. The first-order valence-corrected chi connectivity index (χ1v) is 10.6. The SMILES string of the molecule is CCN1CC(c2nc3ccccc3n2CCCCOc2cccc(C)c2)CC1=O. The molecule has 3 aromatic rings. The minimum absolute atomic E-state index is 0.179. The topological polar surface area (TPSA) is 47.4 Å². The van der Waals surface area contributed by atoms with E-state index < -0.39 is 0 Å². The van der Waals surface area contributed by atoms with E-state index in [1.165, 1.54) is 5.56 Å². The van der Waals surface area contributed by atoms with Crippen molar-refractivity contribution in [1.82, 2.24) is 14.5 Å². The van der Waals surface area contributed by atoms with Gasteiger partial charge in [-0.05, 0) is 56.5 Å². The predicted octanol–water partition coefficient (Wildman–Crippen LogP) is 4.54. The molecule has 1 fully saturated rings. The fourth-order valence-corrected chi connectivity index (χ4v) is 4.16. The van der Waals surface area contributed by atoms with Gasteiger partial charge < -0.3 is 14.2 Å². The van der Waals surface area contributed by atoms with Crippen molar-refractivity contribution in [3.63, 3.8) is 0 Å². The van der Waals surface area contributed by atoms with E-state index in [-0.39, 0.29) is 11.8 Å². The Labute approximate surface area is 172 Å². The van der Waals surface area contributed by atoms with Crippen LogP contribution >= 0.6 is 0 Å². The standard InChI is InChI=1S/C24H29N3O2/c1-3-26-17-19(16-23(26)28)24-25-21-11-4-5-12-22(21)27(24)13-6-7-14-29-20-10-8-9-18(2)15-20/h4-5,8-12,15,19H,3,6-7,13-14,16-17H2,1-2H3. The van der Waals surface area contributed by atoms with Gasteiger partial charge >= 0.3 is 0 Å². The number of nitrogens with zero attached hydrogens (tertiary/aromatic N) is 3. The van der Waals surface area contributed by atoms with Crippen LogP contribution < -0.4 is 4.74 Å². The second-order valence-corrected chi connectivity index (χ2v) is 7.82. The molecular weight excluding hydrogens is 362 g/mol. The Morgan fingerprint density at radius 3 is 2.79 bits per heavy atom. The maximum atomic E-state index is 12.2. The number of rotatable bonds is 8. The molecule has 1 aromatic heterocycles. The Bertz CT molecular complexity index is 995. The number of para-hydroxylation sites is 2. The Morgan fingerprint density at radius 2 is 2.00 bits per heavy atom. The first-order valence-electron chi connectivity index (χ1n) is 10.6. The van der Waals surface area contributed by atoms with Crippen LogP contribution in [0, 0.1) is 6.92 Å². The van der Waals surface area contributed by atoms with Gasteiger partial charge in [0, 0.05) is 32.0 Å². The molecule has 2 aromatic carbocycles. The lowest BCUT2D eigenvalue weighted by atomic mass is 10.1. The van der Waals surface area contributed by atoms with E-state index in [1.807, 2.05) is 30.0 Å². The van der Waals surface area contributed by atoms with E-state index in [1.54, 1.807) is 0 Å². The molecule has 1 aliphatic heterocycles. The molecule has 1 atom stereocenters. The lowest BCUT2D eigenvalue weighted by Crippen LogP contribution is -2.24. The molecule has 0 spiro atoms. The molecule has 0 bridgehead atoms. The zero-order valence-corrected chi connectivity index (χ0v) is 17.3. The minimum Gasteiger partial charge on any atom is -0.494 e. The van der Waals surface area contributed by atoms with Crippen molar-refractivity contribution in [3.05, 3.63) is 59.9 Å². The lowest BCUT2D eigenvalue weighted by Gasteiger charge is -2.15. The zero-order valence-electron chi connectivity index (χ0n) is 17.3. The molecule has 1 aliphatic rings. The molecule has 5 nitrogen and oxygen atoms in total. The van der Waals surface area contributed by atoms with Crippen LogP contribution in [0.25, 0.3) is 11.0 Å². The van der Waals surface area contributed by atoms with Crippen LogP contribution in [0.3, 0.4) is 0 Å². The number of likely N-dealkylation sites (N-methyl/N-ethyl adjacent to an activating group) is 1. The zero-order chi connectivity index (χ0) is 20.2. The molecule has 1 saturated heterocycles. The molecule has 0 radical (unpaired) electrons. The van der Waals surface area contributed by atoms with E-state index in [9.17, 15) is 4.79 Å². The number of likely N-dealkylation sites (tertiary alicyclic amines) is 1.